The van der Waals surface area contributed by atoms with Crippen LogP contribution in [0.2, 0.25) is 0 Å². The molecule has 7 nitrogen and oxygen atoms in total. The van der Waals surface area contributed by atoms with Crippen LogP contribution in [-0.2, 0) is 16.1 Å². The van der Waals surface area contributed by atoms with Gasteiger partial charge in [-0.3, -0.25) is 14.4 Å². The molecule has 0 N–H and O–H groups in total. The van der Waals surface area contributed by atoms with E-state index < -0.39 is 11.9 Å². The van der Waals surface area contributed by atoms with E-state index >= 15 is 0 Å². The quantitative estimate of drug-likeness (QED) is 0.543. The van der Waals surface area contributed by atoms with E-state index in [9.17, 15) is 14.4 Å². The standard InChI is InChI=1S/C27H24N2O5/c1-17-6-9-21(10-7-17)29-25(30)14-22(27(29)32)28(26(31)20-5-3-4-18(2)12-20)15-19-8-11-23-24(13-19)34-16-33-23/h3-13,22H,14-16H2,1-2H3. The lowest BCUT2D eigenvalue weighted by molar-refractivity contribution is -0.122. The van der Waals surface area contributed by atoms with Gasteiger partial charge < -0.3 is 14.4 Å². The van der Waals surface area contributed by atoms with Gasteiger partial charge in [0.1, 0.15) is 6.04 Å². The molecule has 0 bridgehead atoms. The molecule has 1 atom stereocenters. The number of carbonyl (C=O) groups excluding carboxylic acids is 3. The van der Waals surface area contributed by atoms with Gasteiger partial charge >= 0.3 is 0 Å². The van der Waals surface area contributed by atoms with Crippen LogP contribution < -0.4 is 14.4 Å². The molecule has 3 aromatic rings. The van der Waals surface area contributed by atoms with Crippen molar-refractivity contribution in [1.29, 1.82) is 0 Å². The van der Waals surface area contributed by atoms with Crippen molar-refractivity contribution in [3.63, 3.8) is 0 Å². The Kier molecular flexibility index (Phi) is 5.53. The third-order valence-corrected chi connectivity index (χ3v) is 6.11. The Morgan fingerprint density at radius 3 is 2.47 bits per heavy atom. The Labute approximate surface area is 197 Å². The fourth-order valence-electron chi connectivity index (χ4n) is 4.33. The van der Waals surface area contributed by atoms with E-state index in [1.807, 2.05) is 44.2 Å². The van der Waals surface area contributed by atoms with Gasteiger partial charge in [0, 0.05) is 12.1 Å². The number of hydrogen-bond donors (Lipinski definition) is 0. The van der Waals surface area contributed by atoms with Crippen LogP contribution in [0.4, 0.5) is 5.69 Å². The van der Waals surface area contributed by atoms with Crippen molar-refractivity contribution in [3.8, 4) is 11.5 Å². The molecule has 3 amide bonds. The second kappa shape index (κ2) is 8.67. The number of imide groups is 1. The van der Waals surface area contributed by atoms with E-state index in [0.29, 0.717) is 22.7 Å². The van der Waals surface area contributed by atoms with Gasteiger partial charge in [-0.25, -0.2) is 4.90 Å². The van der Waals surface area contributed by atoms with Crippen molar-refractivity contribution < 1.29 is 23.9 Å². The highest BCUT2D eigenvalue weighted by atomic mass is 16.7. The highest BCUT2D eigenvalue weighted by Crippen LogP contribution is 2.34. The molecule has 0 saturated carbocycles. The Morgan fingerprint density at radius 1 is 0.941 bits per heavy atom. The third-order valence-electron chi connectivity index (χ3n) is 6.11. The maximum atomic E-state index is 13.7. The van der Waals surface area contributed by atoms with Gasteiger partial charge in [0.05, 0.1) is 12.1 Å². The van der Waals surface area contributed by atoms with E-state index in [4.69, 9.17) is 9.47 Å². The first-order valence-electron chi connectivity index (χ1n) is 11.1. The first-order chi connectivity index (χ1) is 16.4. The molecule has 0 radical (unpaired) electrons. The molecule has 1 unspecified atom stereocenters. The number of amides is 3. The highest BCUT2D eigenvalue weighted by Gasteiger charge is 2.44. The third kappa shape index (κ3) is 4.01. The molecule has 0 aliphatic carbocycles. The van der Waals surface area contributed by atoms with Crippen LogP contribution in [0, 0.1) is 13.8 Å². The summed E-state index contributed by atoms with van der Waals surface area (Å²) in [6.45, 7) is 4.14. The van der Waals surface area contributed by atoms with E-state index in [1.54, 1.807) is 36.4 Å². The molecule has 0 aromatic heterocycles. The number of ether oxygens (including phenoxy) is 2. The second-order valence-electron chi connectivity index (χ2n) is 8.61. The van der Waals surface area contributed by atoms with Crippen molar-refractivity contribution in [1.82, 2.24) is 4.90 Å². The first kappa shape index (κ1) is 21.7. The molecule has 7 heteroatoms. The van der Waals surface area contributed by atoms with Crippen LogP contribution in [0.3, 0.4) is 0 Å². The molecule has 172 valence electrons. The van der Waals surface area contributed by atoms with Crippen LogP contribution in [-0.4, -0.2) is 35.5 Å². The maximum Gasteiger partial charge on any atom is 0.257 e. The van der Waals surface area contributed by atoms with Gasteiger partial charge in [0.25, 0.3) is 11.8 Å². The molecule has 2 aliphatic heterocycles. The van der Waals surface area contributed by atoms with E-state index in [-0.39, 0.29) is 31.6 Å². The number of aryl methyl sites for hydroxylation is 2. The summed E-state index contributed by atoms with van der Waals surface area (Å²) in [7, 11) is 0. The summed E-state index contributed by atoms with van der Waals surface area (Å²) in [5, 5.41) is 0. The summed E-state index contributed by atoms with van der Waals surface area (Å²) in [5.41, 5.74) is 3.71. The van der Waals surface area contributed by atoms with Crippen molar-refractivity contribution in [2.45, 2.75) is 32.9 Å². The van der Waals surface area contributed by atoms with Crippen LogP contribution in [0.5, 0.6) is 11.5 Å². The molecule has 0 spiro atoms. The fraction of sp³-hybridized carbons (Fsp3) is 0.222. The number of anilines is 1. The normalized spacial score (nSPS) is 16.8. The predicted molar refractivity (Wildman–Crippen MR) is 126 cm³/mol. The molecule has 1 fully saturated rings. The minimum Gasteiger partial charge on any atom is -0.454 e. The lowest BCUT2D eigenvalue weighted by atomic mass is 10.1. The summed E-state index contributed by atoms with van der Waals surface area (Å²) in [6, 6.07) is 18.9. The zero-order chi connectivity index (χ0) is 23.8. The summed E-state index contributed by atoms with van der Waals surface area (Å²) >= 11 is 0. The lowest BCUT2D eigenvalue weighted by Gasteiger charge is -2.28. The topological polar surface area (TPSA) is 76.2 Å². The number of benzene rings is 3. The van der Waals surface area contributed by atoms with Crippen LogP contribution in [0.1, 0.15) is 33.5 Å². The second-order valence-corrected chi connectivity index (χ2v) is 8.61. The minimum absolute atomic E-state index is 0.0746. The Hall–Kier alpha value is -4.13. The molecule has 2 aliphatic rings. The van der Waals surface area contributed by atoms with Crippen molar-refractivity contribution >= 4 is 23.4 Å². The van der Waals surface area contributed by atoms with Gasteiger partial charge in [-0.1, -0.05) is 41.5 Å². The lowest BCUT2D eigenvalue weighted by Crippen LogP contribution is -2.45. The Bertz CT molecular complexity index is 1280. The number of carbonyl (C=O) groups is 3. The maximum absolute atomic E-state index is 13.7. The molecular weight excluding hydrogens is 432 g/mol. The average molecular weight is 456 g/mol. The number of fused-ring (bicyclic) bond motifs is 1. The molecule has 3 aromatic carbocycles. The van der Waals surface area contributed by atoms with Gasteiger partial charge in [-0.2, -0.15) is 0 Å². The minimum atomic E-state index is -0.910. The highest BCUT2D eigenvalue weighted by molar-refractivity contribution is 6.23. The summed E-state index contributed by atoms with van der Waals surface area (Å²) in [4.78, 5) is 42.7. The molecule has 1 saturated heterocycles. The molecular formula is C27H24N2O5. The smallest absolute Gasteiger partial charge is 0.257 e. The number of nitrogens with zero attached hydrogens (tertiary/aromatic N) is 2. The van der Waals surface area contributed by atoms with E-state index in [1.165, 1.54) is 9.80 Å². The largest absolute Gasteiger partial charge is 0.454 e. The van der Waals surface area contributed by atoms with Crippen molar-refractivity contribution in [2.75, 3.05) is 11.7 Å². The predicted octanol–water partition coefficient (Wildman–Crippen LogP) is 4.01. The van der Waals surface area contributed by atoms with Gasteiger partial charge in [-0.05, 0) is 55.8 Å². The van der Waals surface area contributed by atoms with E-state index in [2.05, 4.69) is 0 Å². The molecule has 34 heavy (non-hydrogen) atoms. The molecule has 5 rings (SSSR count). The monoisotopic (exact) mass is 456 g/mol. The van der Waals surface area contributed by atoms with Crippen molar-refractivity contribution in [3.05, 3.63) is 89.0 Å². The van der Waals surface area contributed by atoms with Gasteiger partial charge in [-0.15, -0.1) is 0 Å². The Balaban J connectivity index is 1.50. The van der Waals surface area contributed by atoms with Crippen molar-refractivity contribution in [2.24, 2.45) is 0 Å². The summed E-state index contributed by atoms with van der Waals surface area (Å²) < 4.78 is 10.9. The number of hydrogen-bond acceptors (Lipinski definition) is 5. The summed E-state index contributed by atoms with van der Waals surface area (Å²) in [5.74, 6) is 0.189. The summed E-state index contributed by atoms with van der Waals surface area (Å²) in [6.07, 6.45) is -0.0746. The van der Waals surface area contributed by atoms with Crippen LogP contribution in [0.15, 0.2) is 66.7 Å². The van der Waals surface area contributed by atoms with Crippen LogP contribution >= 0.6 is 0 Å². The van der Waals surface area contributed by atoms with Crippen LogP contribution in [0.25, 0.3) is 0 Å². The SMILES string of the molecule is Cc1ccc(N2C(=O)CC(N(Cc3ccc4c(c3)OCO4)C(=O)c3cccc(C)c3)C2=O)cc1. The Morgan fingerprint density at radius 2 is 1.71 bits per heavy atom. The average Bonchev–Trinajstić information content (AvgIpc) is 3.41. The number of rotatable bonds is 5. The van der Waals surface area contributed by atoms with E-state index in [0.717, 1.165) is 16.7 Å². The van der Waals surface area contributed by atoms with Gasteiger partial charge in [0.2, 0.25) is 12.7 Å². The fourth-order valence-corrected chi connectivity index (χ4v) is 4.33. The zero-order valence-corrected chi connectivity index (χ0v) is 19.0. The first-order valence-corrected chi connectivity index (χ1v) is 11.1. The zero-order valence-electron chi connectivity index (χ0n) is 19.0. The molecule has 2 heterocycles. The van der Waals surface area contributed by atoms with Gasteiger partial charge in [0.15, 0.2) is 11.5 Å².